The van der Waals surface area contributed by atoms with Crippen molar-refractivity contribution in [3.8, 4) is 0 Å². The highest BCUT2D eigenvalue weighted by molar-refractivity contribution is 5.24. The van der Waals surface area contributed by atoms with E-state index in [9.17, 15) is 0 Å². The molecule has 0 aromatic carbocycles. The van der Waals surface area contributed by atoms with E-state index in [0.717, 1.165) is 6.42 Å². The summed E-state index contributed by atoms with van der Waals surface area (Å²) in [6, 6.07) is 0. The van der Waals surface area contributed by atoms with Crippen molar-refractivity contribution in [1.29, 1.82) is 0 Å². The van der Waals surface area contributed by atoms with Gasteiger partial charge >= 0.3 is 0 Å². The first kappa shape index (κ1) is 11.7. The van der Waals surface area contributed by atoms with Crippen LogP contribution in [0.25, 0.3) is 0 Å². The Kier molecular flexibility index (Phi) is 7.91. The van der Waals surface area contributed by atoms with Crippen LogP contribution in [-0.4, -0.2) is 0 Å². The zero-order valence-corrected chi connectivity index (χ0v) is 8.53. The molecule has 0 bridgehead atoms. The maximum absolute atomic E-state index is 3.70. The summed E-state index contributed by atoms with van der Waals surface area (Å²) in [4.78, 5) is 0. The third-order valence-corrected chi connectivity index (χ3v) is 1.59. The molecule has 13 heavy (non-hydrogen) atoms. The SMILES string of the molecule is C=CCC(C=CC=CC=CC)=CC. The van der Waals surface area contributed by atoms with Crippen molar-refractivity contribution in [2.24, 2.45) is 0 Å². The van der Waals surface area contributed by atoms with Gasteiger partial charge in [0.25, 0.3) is 0 Å². The van der Waals surface area contributed by atoms with Gasteiger partial charge in [-0.1, -0.05) is 48.6 Å². The van der Waals surface area contributed by atoms with E-state index < -0.39 is 0 Å². The Morgan fingerprint density at radius 1 is 1.08 bits per heavy atom. The molecule has 0 unspecified atom stereocenters. The van der Waals surface area contributed by atoms with Crippen LogP contribution in [-0.2, 0) is 0 Å². The summed E-state index contributed by atoms with van der Waals surface area (Å²) in [5, 5.41) is 0. The van der Waals surface area contributed by atoms with Crippen LogP contribution in [0.4, 0.5) is 0 Å². The Bertz CT molecular complexity index is 237. The smallest absolute Gasteiger partial charge is 0.0103 e. The predicted octanol–water partition coefficient (Wildman–Crippen LogP) is 4.20. The molecule has 0 fully saturated rings. The molecule has 0 aliphatic heterocycles. The van der Waals surface area contributed by atoms with Crippen molar-refractivity contribution in [2.75, 3.05) is 0 Å². The van der Waals surface area contributed by atoms with Crippen LogP contribution < -0.4 is 0 Å². The summed E-state index contributed by atoms with van der Waals surface area (Å²) in [6.07, 6.45) is 17.1. The Balaban J connectivity index is 4.01. The van der Waals surface area contributed by atoms with Gasteiger partial charge < -0.3 is 0 Å². The van der Waals surface area contributed by atoms with Crippen molar-refractivity contribution in [3.63, 3.8) is 0 Å². The lowest BCUT2D eigenvalue weighted by molar-refractivity contribution is 1.28. The molecule has 0 aliphatic carbocycles. The normalized spacial score (nSPS) is 13.5. The zero-order valence-electron chi connectivity index (χ0n) is 8.53. The third kappa shape index (κ3) is 7.07. The average Bonchev–Trinajstić information content (AvgIpc) is 2.16. The standard InChI is InChI=1S/C13H18/c1-4-7-8-9-10-12-13(6-3)11-5-2/h4-10,12H,2,11H2,1,3H3. The van der Waals surface area contributed by atoms with Crippen molar-refractivity contribution in [3.05, 3.63) is 60.8 Å². The Hall–Kier alpha value is -1.30. The maximum atomic E-state index is 3.70. The van der Waals surface area contributed by atoms with Gasteiger partial charge in [0.1, 0.15) is 0 Å². The van der Waals surface area contributed by atoms with E-state index in [4.69, 9.17) is 0 Å². The highest BCUT2D eigenvalue weighted by Crippen LogP contribution is 2.03. The predicted molar refractivity (Wildman–Crippen MR) is 61.7 cm³/mol. The second-order valence-corrected chi connectivity index (χ2v) is 2.63. The van der Waals surface area contributed by atoms with Gasteiger partial charge in [-0.3, -0.25) is 0 Å². The topological polar surface area (TPSA) is 0 Å². The maximum Gasteiger partial charge on any atom is -0.0103 e. The minimum Gasteiger partial charge on any atom is -0.103 e. The van der Waals surface area contributed by atoms with Gasteiger partial charge in [0.05, 0.1) is 0 Å². The molecule has 0 N–H and O–H groups in total. The van der Waals surface area contributed by atoms with Crippen LogP contribution in [0, 0.1) is 0 Å². The monoisotopic (exact) mass is 174 g/mol. The highest BCUT2D eigenvalue weighted by atomic mass is 13.9. The molecule has 0 saturated heterocycles. The molecule has 0 aromatic rings. The Morgan fingerprint density at radius 3 is 2.31 bits per heavy atom. The zero-order chi connectivity index (χ0) is 9.94. The van der Waals surface area contributed by atoms with Gasteiger partial charge in [-0.2, -0.15) is 0 Å². The molecule has 0 atom stereocenters. The van der Waals surface area contributed by atoms with E-state index in [1.165, 1.54) is 5.57 Å². The number of rotatable bonds is 5. The van der Waals surface area contributed by atoms with E-state index in [1.54, 1.807) is 0 Å². The van der Waals surface area contributed by atoms with Crippen molar-refractivity contribution in [1.82, 2.24) is 0 Å². The Morgan fingerprint density at radius 2 is 1.77 bits per heavy atom. The molecule has 0 rings (SSSR count). The fourth-order valence-corrected chi connectivity index (χ4v) is 0.867. The fourth-order valence-electron chi connectivity index (χ4n) is 0.867. The van der Waals surface area contributed by atoms with Crippen LogP contribution in [0.3, 0.4) is 0 Å². The van der Waals surface area contributed by atoms with Crippen molar-refractivity contribution < 1.29 is 0 Å². The van der Waals surface area contributed by atoms with E-state index in [1.807, 2.05) is 50.3 Å². The summed E-state index contributed by atoms with van der Waals surface area (Å²) < 4.78 is 0. The molecule has 0 radical (unpaired) electrons. The van der Waals surface area contributed by atoms with Gasteiger partial charge in [-0.15, -0.1) is 6.58 Å². The largest absolute Gasteiger partial charge is 0.103 e. The lowest BCUT2D eigenvalue weighted by Gasteiger charge is -1.92. The van der Waals surface area contributed by atoms with Crippen LogP contribution in [0.5, 0.6) is 0 Å². The first-order valence-electron chi connectivity index (χ1n) is 4.57. The van der Waals surface area contributed by atoms with Crippen molar-refractivity contribution >= 4 is 0 Å². The van der Waals surface area contributed by atoms with Crippen LogP contribution in [0.1, 0.15) is 20.3 Å². The lowest BCUT2D eigenvalue weighted by atomic mass is 10.1. The van der Waals surface area contributed by atoms with Crippen molar-refractivity contribution in [2.45, 2.75) is 20.3 Å². The molecular weight excluding hydrogens is 156 g/mol. The molecule has 0 nitrogen and oxygen atoms in total. The van der Waals surface area contributed by atoms with Gasteiger partial charge in [-0.05, 0) is 25.8 Å². The first-order valence-corrected chi connectivity index (χ1v) is 4.57. The molecule has 0 aromatic heterocycles. The fraction of sp³-hybridized carbons (Fsp3) is 0.231. The number of allylic oxidation sites excluding steroid dienone is 9. The molecule has 0 amide bonds. The minimum atomic E-state index is 0.935. The van der Waals surface area contributed by atoms with Crippen LogP contribution >= 0.6 is 0 Å². The van der Waals surface area contributed by atoms with E-state index >= 15 is 0 Å². The average molecular weight is 174 g/mol. The minimum absolute atomic E-state index is 0.935. The van der Waals surface area contributed by atoms with Gasteiger partial charge in [0.15, 0.2) is 0 Å². The summed E-state index contributed by atoms with van der Waals surface area (Å²) in [5.41, 5.74) is 1.29. The summed E-state index contributed by atoms with van der Waals surface area (Å²) in [5.74, 6) is 0. The molecule has 0 heterocycles. The summed E-state index contributed by atoms with van der Waals surface area (Å²) >= 11 is 0. The Labute approximate surface area is 81.7 Å². The van der Waals surface area contributed by atoms with Crippen LogP contribution in [0.15, 0.2) is 60.8 Å². The van der Waals surface area contributed by atoms with E-state index in [2.05, 4.69) is 18.7 Å². The molecule has 70 valence electrons. The second-order valence-electron chi connectivity index (χ2n) is 2.63. The third-order valence-electron chi connectivity index (χ3n) is 1.59. The van der Waals surface area contributed by atoms with Crippen LogP contribution in [0.2, 0.25) is 0 Å². The number of hydrogen-bond donors (Lipinski definition) is 0. The first-order chi connectivity index (χ1) is 6.35. The molecule has 0 spiro atoms. The summed E-state index contributed by atoms with van der Waals surface area (Å²) in [6.45, 7) is 7.75. The molecule has 0 aliphatic rings. The molecule has 0 saturated carbocycles. The molecular formula is C13H18. The van der Waals surface area contributed by atoms with E-state index in [-0.39, 0.29) is 0 Å². The summed E-state index contributed by atoms with van der Waals surface area (Å²) in [7, 11) is 0. The molecule has 0 heteroatoms. The quantitative estimate of drug-likeness (QED) is 0.433. The van der Waals surface area contributed by atoms with Gasteiger partial charge in [0, 0.05) is 0 Å². The lowest BCUT2D eigenvalue weighted by Crippen LogP contribution is -1.72. The van der Waals surface area contributed by atoms with Gasteiger partial charge in [0.2, 0.25) is 0 Å². The van der Waals surface area contributed by atoms with E-state index in [0.29, 0.717) is 0 Å². The highest BCUT2D eigenvalue weighted by Gasteiger charge is 1.82. The second kappa shape index (κ2) is 8.79. The van der Waals surface area contributed by atoms with Gasteiger partial charge in [-0.25, -0.2) is 0 Å². The number of hydrogen-bond acceptors (Lipinski definition) is 0.